The van der Waals surface area contributed by atoms with E-state index in [0.717, 1.165) is 57.8 Å². The Bertz CT molecular complexity index is 603. The molecule has 3 rings (SSSR count). The predicted octanol–water partition coefficient (Wildman–Crippen LogP) is 0.550. The van der Waals surface area contributed by atoms with Crippen LogP contribution in [0.5, 0.6) is 0 Å². The number of aromatic nitrogens is 1. The number of likely N-dealkylation sites (tertiary alicyclic amines) is 1. The summed E-state index contributed by atoms with van der Waals surface area (Å²) >= 11 is 0. The fraction of sp³-hybridized carbons (Fsp3) is 0.706. The standard InChI is InChI=1S/C17H27N5O3/c1-13-11-15(25-19-13)18-17(24)14(2)21-9-7-20(8-10-21)12-16(23)22-5-3-4-6-22/h11,14H,3-10,12H2,1-2H3,(H,18,24). The maximum Gasteiger partial charge on any atom is 0.243 e. The largest absolute Gasteiger partial charge is 0.342 e. The molecule has 1 unspecified atom stereocenters. The van der Waals surface area contributed by atoms with E-state index in [9.17, 15) is 9.59 Å². The lowest BCUT2D eigenvalue weighted by molar-refractivity contribution is -0.132. The zero-order chi connectivity index (χ0) is 17.8. The van der Waals surface area contributed by atoms with Crippen LogP contribution in [0.15, 0.2) is 10.6 Å². The normalized spacial score (nSPS) is 20.6. The van der Waals surface area contributed by atoms with E-state index in [0.29, 0.717) is 12.4 Å². The third-order valence-corrected chi connectivity index (χ3v) is 5.03. The molecule has 2 amide bonds. The molecule has 0 bridgehead atoms. The Kier molecular flexibility index (Phi) is 5.70. The van der Waals surface area contributed by atoms with Crippen LogP contribution in [0.25, 0.3) is 0 Å². The average Bonchev–Trinajstić information content (AvgIpc) is 3.27. The smallest absolute Gasteiger partial charge is 0.243 e. The van der Waals surface area contributed by atoms with E-state index in [1.807, 2.05) is 18.7 Å². The number of rotatable bonds is 5. The minimum absolute atomic E-state index is 0.0993. The van der Waals surface area contributed by atoms with Crippen LogP contribution in [-0.4, -0.2) is 83.5 Å². The van der Waals surface area contributed by atoms with Crippen molar-refractivity contribution < 1.29 is 14.1 Å². The quantitative estimate of drug-likeness (QED) is 0.836. The SMILES string of the molecule is Cc1cc(NC(=O)C(C)N2CCN(CC(=O)N3CCCC3)CC2)on1. The number of nitrogens with one attached hydrogen (secondary N) is 1. The summed E-state index contributed by atoms with van der Waals surface area (Å²) in [7, 11) is 0. The molecule has 0 spiro atoms. The maximum atomic E-state index is 12.3. The second-order valence-electron chi connectivity index (χ2n) is 6.90. The van der Waals surface area contributed by atoms with Crippen molar-refractivity contribution in [2.45, 2.75) is 32.7 Å². The molecular weight excluding hydrogens is 322 g/mol. The summed E-state index contributed by atoms with van der Waals surface area (Å²) in [6.45, 7) is 9.15. The van der Waals surface area contributed by atoms with Crippen molar-refractivity contribution in [3.8, 4) is 0 Å². The fourth-order valence-electron chi connectivity index (χ4n) is 3.38. The van der Waals surface area contributed by atoms with E-state index in [-0.39, 0.29) is 17.9 Å². The van der Waals surface area contributed by atoms with Gasteiger partial charge in [-0.1, -0.05) is 5.16 Å². The second kappa shape index (κ2) is 7.97. The van der Waals surface area contributed by atoms with E-state index in [1.54, 1.807) is 6.07 Å². The molecule has 0 saturated carbocycles. The van der Waals surface area contributed by atoms with Crippen LogP contribution in [-0.2, 0) is 9.59 Å². The van der Waals surface area contributed by atoms with Crippen LogP contribution in [0.4, 0.5) is 5.88 Å². The highest BCUT2D eigenvalue weighted by atomic mass is 16.5. The van der Waals surface area contributed by atoms with Crippen molar-refractivity contribution >= 4 is 17.7 Å². The number of carbonyl (C=O) groups is 2. The van der Waals surface area contributed by atoms with Gasteiger partial charge in [-0.05, 0) is 26.7 Å². The Morgan fingerprint density at radius 1 is 1.20 bits per heavy atom. The zero-order valence-corrected chi connectivity index (χ0v) is 15.0. The molecule has 8 nitrogen and oxygen atoms in total. The number of aryl methyl sites for hydroxylation is 1. The van der Waals surface area contributed by atoms with Gasteiger partial charge >= 0.3 is 0 Å². The highest BCUT2D eigenvalue weighted by molar-refractivity contribution is 5.93. The molecule has 25 heavy (non-hydrogen) atoms. The summed E-state index contributed by atoms with van der Waals surface area (Å²) in [6.07, 6.45) is 2.24. The summed E-state index contributed by atoms with van der Waals surface area (Å²) in [5, 5.41) is 6.52. The van der Waals surface area contributed by atoms with Crippen molar-refractivity contribution in [2.75, 3.05) is 51.1 Å². The molecule has 0 aliphatic carbocycles. The number of anilines is 1. The number of carbonyl (C=O) groups excluding carboxylic acids is 2. The molecule has 1 aromatic rings. The monoisotopic (exact) mass is 349 g/mol. The molecule has 2 fully saturated rings. The first-order valence-corrected chi connectivity index (χ1v) is 9.01. The Morgan fingerprint density at radius 3 is 2.48 bits per heavy atom. The minimum Gasteiger partial charge on any atom is -0.342 e. The van der Waals surface area contributed by atoms with Gasteiger partial charge in [0, 0.05) is 45.3 Å². The lowest BCUT2D eigenvalue weighted by atomic mass is 10.2. The fourth-order valence-corrected chi connectivity index (χ4v) is 3.38. The Hall–Kier alpha value is -1.93. The van der Waals surface area contributed by atoms with Gasteiger partial charge in [-0.2, -0.15) is 0 Å². The first kappa shape index (κ1) is 17.9. The third kappa shape index (κ3) is 4.58. The van der Waals surface area contributed by atoms with E-state index in [4.69, 9.17) is 4.52 Å². The van der Waals surface area contributed by atoms with Crippen LogP contribution in [0.2, 0.25) is 0 Å². The Morgan fingerprint density at radius 2 is 1.88 bits per heavy atom. The molecule has 1 N–H and O–H groups in total. The van der Waals surface area contributed by atoms with Gasteiger partial charge < -0.3 is 9.42 Å². The van der Waals surface area contributed by atoms with E-state index < -0.39 is 0 Å². The van der Waals surface area contributed by atoms with Gasteiger partial charge in [0.25, 0.3) is 0 Å². The third-order valence-electron chi connectivity index (χ3n) is 5.03. The molecule has 0 radical (unpaired) electrons. The molecule has 2 aliphatic heterocycles. The van der Waals surface area contributed by atoms with Crippen molar-refractivity contribution in [3.05, 3.63) is 11.8 Å². The summed E-state index contributed by atoms with van der Waals surface area (Å²) in [5.74, 6) is 0.513. The van der Waals surface area contributed by atoms with Crippen molar-refractivity contribution in [1.82, 2.24) is 19.9 Å². The van der Waals surface area contributed by atoms with Gasteiger partial charge in [-0.15, -0.1) is 0 Å². The number of nitrogens with zero attached hydrogens (tertiary/aromatic N) is 4. The van der Waals surface area contributed by atoms with Crippen LogP contribution in [0.1, 0.15) is 25.5 Å². The van der Waals surface area contributed by atoms with Crippen molar-refractivity contribution in [3.63, 3.8) is 0 Å². The number of hydrogen-bond acceptors (Lipinski definition) is 6. The highest BCUT2D eigenvalue weighted by Gasteiger charge is 2.28. The number of piperazine rings is 1. The second-order valence-corrected chi connectivity index (χ2v) is 6.90. The van der Waals surface area contributed by atoms with Crippen molar-refractivity contribution in [1.29, 1.82) is 0 Å². The van der Waals surface area contributed by atoms with Crippen LogP contribution < -0.4 is 5.32 Å². The molecule has 8 heteroatoms. The predicted molar refractivity (Wildman–Crippen MR) is 93.2 cm³/mol. The first-order chi connectivity index (χ1) is 12.0. The summed E-state index contributed by atoms with van der Waals surface area (Å²) in [4.78, 5) is 30.8. The molecule has 2 saturated heterocycles. The molecule has 1 atom stereocenters. The number of hydrogen-bond donors (Lipinski definition) is 1. The molecule has 0 aromatic carbocycles. The van der Waals surface area contributed by atoms with Crippen molar-refractivity contribution in [2.24, 2.45) is 0 Å². The van der Waals surface area contributed by atoms with Gasteiger partial charge in [-0.3, -0.25) is 24.7 Å². The van der Waals surface area contributed by atoms with Gasteiger partial charge in [-0.25, -0.2) is 0 Å². The number of amides is 2. The van der Waals surface area contributed by atoms with Crippen LogP contribution >= 0.6 is 0 Å². The summed E-state index contributed by atoms with van der Waals surface area (Å²) in [6, 6.07) is 1.45. The van der Waals surface area contributed by atoms with Crippen LogP contribution in [0.3, 0.4) is 0 Å². The Labute approximate surface area is 148 Å². The zero-order valence-electron chi connectivity index (χ0n) is 15.0. The lowest BCUT2D eigenvalue weighted by Crippen LogP contribution is -2.54. The average molecular weight is 349 g/mol. The topological polar surface area (TPSA) is 81.9 Å². The van der Waals surface area contributed by atoms with Gasteiger partial charge in [0.05, 0.1) is 18.3 Å². The lowest BCUT2D eigenvalue weighted by Gasteiger charge is -2.37. The molecular formula is C17H27N5O3. The first-order valence-electron chi connectivity index (χ1n) is 9.01. The minimum atomic E-state index is -0.248. The molecule has 1 aromatic heterocycles. The molecule has 2 aliphatic rings. The van der Waals surface area contributed by atoms with E-state index in [1.165, 1.54) is 0 Å². The van der Waals surface area contributed by atoms with E-state index in [2.05, 4.69) is 20.3 Å². The molecule has 138 valence electrons. The maximum absolute atomic E-state index is 12.3. The Balaban J connectivity index is 1.43. The summed E-state index contributed by atoms with van der Waals surface area (Å²) < 4.78 is 5.03. The summed E-state index contributed by atoms with van der Waals surface area (Å²) in [5.41, 5.74) is 0.735. The van der Waals surface area contributed by atoms with Gasteiger partial charge in [0.1, 0.15) is 0 Å². The van der Waals surface area contributed by atoms with Crippen LogP contribution in [0, 0.1) is 6.92 Å². The van der Waals surface area contributed by atoms with E-state index >= 15 is 0 Å². The highest BCUT2D eigenvalue weighted by Crippen LogP contribution is 2.13. The molecule has 3 heterocycles. The van der Waals surface area contributed by atoms with Gasteiger partial charge in [0.2, 0.25) is 17.7 Å². The van der Waals surface area contributed by atoms with Gasteiger partial charge in [0.15, 0.2) is 0 Å².